The number of piperidine rings is 1. The van der Waals surface area contributed by atoms with Crippen molar-refractivity contribution in [1.82, 2.24) is 10.2 Å². The summed E-state index contributed by atoms with van der Waals surface area (Å²) in [4.78, 5) is 36.5. The van der Waals surface area contributed by atoms with Crippen LogP contribution in [0.2, 0.25) is 0 Å². The molecule has 0 aromatic carbocycles. The lowest BCUT2D eigenvalue weighted by atomic mass is 9.70. The molecule has 2 aliphatic heterocycles. The highest BCUT2D eigenvalue weighted by atomic mass is 16.2. The topological polar surface area (TPSA) is 66.5 Å². The summed E-state index contributed by atoms with van der Waals surface area (Å²) in [6, 6.07) is 0. The Hall–Kier alpha value is -1.23. The average Bonchev–Trinajstić information content (AvgIpc) is 2.49. The number of nitrogens with one attached hydrogen (secondary N) is 1. The van der Waals surface area contributed by atoms with Gasteiger partial charge in [0.25, 0.3) is 0 Å². The van der Waals surface area contributed by atoms with E-state index in [-0.39, 0.29) is 41.1 Å². The fourth-order valence-electron chi connectivity index (χ4n) is 4.04. The van der Waals surface area contributed by atoms with Crippen molar-refractivity contribution in [2.24, 2.45) is 11.8 Å². The minimum absolute atomic E-state index is 0.0701. The summed E-state index contributed by atoms with van der Waals surface area (Å²) in [5.74, 6) is -1.31. The van der Waals surface area contributed by atoms with Crippen molar-refractivity contribution in [1.29, 1.82) is 0 Å². The summed E-state index contributed by atoms with van der Waals surface area (Å²) < 4.78 is 0. The molecule has 0 bridgehead atoms. The van der Waals surface area contributed by atoms with Gasteiger partial charge in [-0.25, -0.2) is 4.90 Å². The average molecular weight is 280 g/mol. The first-order chi connectivity index (χ1) is 9.02. The van der Waals surface area contributed by atoms with Crippen LogP contribution in [-0.2, 0) is 14.4 Å². The normalized spacial score (nSPS) is 29.9. The highest BCUT2D eigenvalue weighted by Crippen LogP contribution is 2.40. The molecule has 0 aromatic rings. The van der Waals surface area contributed by atoms with Crippen LogP contribution in [0.15, 0.2) is 0 Å². The molecule has 1 atom stereocenters. The highest BCUT2D eigenvalue weighted by molar-refractivity contribution is 6.15. The predicted octanol–water partition coefficient (Wildman–Crippen LogP) is 1.46. The van der Waals surface area contributed by atoms with Gasteiger partial charge >= 0.3 is 0 Å². The largest absolute Gasteiger partial charge is 0.307 e. The molecular weight excluding hydrogens is 256 g/mol. The molecule has 3 amide bonds. The van der Waals surface area contributed by atoms with Crippen molar-refractivity contribution in [3.8, 4) is 0 Å². The molecule has 0 radical (unpaired) electrons. The Balaban J connectivity index is 2.22. The molecule has 0 aromatic heterocycles. The molecule has 112 valence electrons. The van der Waals surface area contributed by atoms with Crippen LogP contribution in [0.3, 0.4) is 0 Å². The number of carbonyl (C=O) groups is 3. The lowest BCUT2D eigenvalue weighted by Crippen LogP contribution is -2.59. The first-order valence-corrected chi connectivity index (χ1v) is 7.19. The van der Waals surface area contributed by atoms with Crippen molar-refractivity contribution < 1.29 is 14.4 Å². The van der Waals surface area contributed by atoms with Gasteiger partial charge in [0.05, 0.1) is 5.92 Å². The Morgan fingerprint density at radius 1 is 1.15 bits per heavy atom. The van der Waals surface area contributed by atoms with Gasteiger partial charge in [0.15, 0.2) is 0 Å². The van der Waals surface area contributed by atoms with Crippen molar-refractivity contribution in [2.45, 2.75) is 65.0 Å². The van der Waals surface area contributed by atoms with Crippen LogP contribution >= 0.6 is 0 Å². The van der Waals surface area contributed by atoms with Crippen LogP contribution in [0, 0.1) is 11.8 Å². The number of nitrogens with zero attached hydrogens (tertiary/aromatic N) is 1. The van der Waals surface area contributed by atoms with E-state index in [0.717, 1.165) is 17.7 Å². The van der Waals surface area contributed by atoms with Crippen LogP contribution in [-0.4, -0.2) is 33.7 Å². The van der Waals surface area contributed by atoms with Crippen molar-refractivity contribution in [3.05, 3.63) is 0 Å². The van der Waals surface area contributed by atoms with Gasteiger partial charge in [0.1, 0.15) is 0 Å². The number of rotatable bonds is 1. The first-order valence-electron chi connectivity index (χ1n) is 7.19. The van der Waals surface area contributed by atoms with E-state index >= 15 is 0 Å². The second-order valence-corrected chi connectivity index (χ2v) is 7.46. The zero-order chi connectivity index (χ0) is 15.3. The van der Waals surface area contributed by atoms with Crippen LogP contribution < -0.4 is 5.32 Å². The number of hydrogen-bond donors (Lipinski definition) is 1. The van der Waals surface area contributed by atoms with E-state index in [1.165, 1.54) is 6.92 Å². The molecular formula is C15H24N2O3. The Morgan fingerprint density at radius 3 is 2.05 bits per heavy atom. The molecule has 2 heterocycles. The van der Waals surface area contributed by atoms with Gasteiger partial charge in [-0.1, -0.05) is 0 Å². The van der Waals surface area contributed by atoms with E-state index in [0.29, 0.717) is 0 Å². The monoisotopic (exact) mass is 280 g/mol. The third-order valence-corrected chi connectivity index (χ3v) is 4.29. The second kappa shape index (κ2) is 4.65. The van der Waals surface area contributed by atoms with Gasteiger partial charge in [-0.3, -0.25) is 14.4 Å². The van der Waals surface area contributed by atoms with Crippen LogP contribution in [0.1, 0.15) is 53.9 Å². The number of amides is 3. The minimum Gasteiger partial charge on any atom is -0.307 e. The molecule has 1 unspecified atom stereocenters. The third kappa shape index (κ3) is 2.77. The van der Waals surface area contributed by atoms with E-state index in [1.807, 2.05) is 0 Å². The van der Waals surface area contributed by atoms with Gasteiger partial charge in [-0.05, 0) is 46.5 Å². The van der Waals surface area contributed by atoms with Crippen LogP contribution in [0.4, 0.5) is 0 Å². The molecule has 2 rings (SSSR count). The Kier molecular flexibility index (Phi) is 3.53. The van der Waals surface area contributed by atoms with Crippen LogP contribution in [0.5, 0.6) is 0 Å². The van der Waals surface area contributed by atoms with Crippen molar-refractivity contribution in [3.63, 3.8) is 0 Å². The molecule has 0 saturated carbocycles. The fourth-order valence-corrected chi connectivity index (χ4v) is 4.04. The minimum atomic E-state index is -0.463. The molecule has 2 saturated heterocycles. The molecule has 1 N–H and O–H groups in total. The summed E-state index contributed by atoms with van der Waals surface area (Å²) >= 11 is 0. The second-order valence-electron chi connectivity index (χ2n) is 7.46. The molecule has 2 fully saturated rings. The van der Waals surface area contributed by atoms with Crippen LogP contribution in [0.25, 0.3) is 0 Å². The summed E-state index contributed by atoms with van der Waals surface area (Å²) in [7, 11) is 0. The summed E-state index contributed by atoms with van der Waals surface area (Å²) in [6.07, 6.45) is 1.85. The maximum atomic E-state index is 12.3. The zero-order valence-electron chi connectivity index (χ0n) is 12.9. The smallest absolute Gasteiger partial charge is 0.239 e. The number of imide groups is 3. The zero-order valence-corrected chi connectivity index (χ0v) is 12.9. The number of likely N-dealkylation sites (tertiary alicyclic amines) is 1. The van der Waals surface area contributed by atoms with Gasteiger partial charge < -0.3 is 5.32 Å². The van der Waals surface area contributed by atoms with Crippen molar-refractivity contribution >= 4 is 17.7 Å². The van der Waals surface area contributed by atoms with Gasteiger partial charge in [0.2, 0.25) is 17.7 Å². The van der Waals surface area contributed by atoms with Gasteiger partial charge in [-0.2, -0.15) is 0 Å². The Labute approximate surface area is 120 Å². The van der Waals surface area contributed by atoms with Crippen molar-refractivity contribution in [2.75, 3.05) is 0 Å². The van der Waals surface area contributed by atoms with E-state index in [4.69, 9.17) is 0 Å². The molecule has 5 nitrogen and oxygen atoms in total. The summed E-state index contributed by atoms with van der Waals surface area (Å²) in [5, 5.41) is 3.57. The molecule has 0 spiro atoms. The van der Waals surface area contributed by atoms with Gasteiger partial charge in [0, 0.05) is 24.4 Å². The maximum Gasteiger partial charge on any atom is 0.239 e. The standard InChI is InChI=1S/C15H24N2O3/c1-9(18)17-12(19)6-11(13(17)20)10-7-14(2,3)16-15(4,5)8-10/h10-11,16H,6-8H2,1-5H3. The summed E-state index contributed by atoms with van der Waals surface area (Å²) in [5.41, 5.74) is -0.140. The predicted molar refractivity (Wildman–Crippen MR) is 74.7 cm³/mol. The van der Waals surface area contributed by atoms with E-state index in [1.54, 1.807) is 0 Å². The van der Waals surface area contributed by atoms with Gasteiger partial charge in [-0.15, -0.1) is 0 Å². The fraction of sp³-hybridized carbons (Fsp3) is 0.800. The Morgan fingerprint density at radius 2 is 1.65 bits per heavy atom. The lowest BCUT2D eigenvalue weighted by molar-refractivity contribution is -0.149. The maximum absolute atomic E-state index is 12.3. The quantitative estimate of drug-likeness (QED) is 0.739. The number of hydrogen-bond acceptors (Lipinski definition) is 4. The number of carbonyl (C=O) groups excluding carboxylic acids is 3. The Bertz CT molecular complexity index is 452. The third-order valence-electron chi connectivity index (χ3n) is 4.29. The lowest BCUT2D eigenvalue weighted by Gasteiger charge is -2.47. The molecule has 20 heavy (non-hydrogen) atoms. The first kappa shape index (κ1) is 15.2. The molecule has 0 aliphatic carbocycles. The molecule has 5 heteroatoms. The van der Waals surface area contributed by atoms with E-state index in [2.05, 4.69) is 33.0 Å². The highest BCUT2D eigenvalue weighted by Gasteiger charge is 2.49. The summed E-state index contributed by atoms with van der Waals surface area (Å²) in [6.45, 7) is 9.74. The SMILES string of the molecule is CC(=O)N1C(=O)CC(C2CC(C)(C)NC(C)(C)C2)C1=O. The van der Waals surface area contributed by atoms with E-state index in [9.17, 15) is 14.4 Å². The van der Waals surface area contributed by atoms with E-state index < -0.39 is 5.91 Å². The molecule has 2 aliphatic rings.